The van der Waals surface area contributed by atoms with Gasteiger partial charge in [-0.25, -0.2) is 4.39 Å². The maximum absolute atomic E-state index is 13.6. The molecule has 2 aromatic carbocycles. The molecule has 1 atom stereocenters. The van der Waals surface area contributed by atoms with Crippen LogP contribution < -0.4 is 5.73 Å². The van der Waals surface area contributed by atoms with Crippen molar-refractivity contribution in [2.45, 2.75) is 18.9 Å². The van der Waals surface area contributed by atoms with Gasteiger partial charge in [0, 0.05) is 11.1 Å². The van der Waals surface area contributed by atoms with Crippen LogP contribution in [-0.4, -0.2) is 6.04 Å². The zero-order chi connectivity index (χ0) is 13.0. The van der Waals surface area contributed by atoms with E-state index in [0.29, 0.717) is 17.0 Å². The molecule has 94 valence electrons. The van der Waals surface area contributed by atoms with Crippen molar-refractivity contribution in [2.75, 3.05) is 0 Å². The highest BCUT2D eigenvalue weighted by Gasteiger charge is 2.09. The monoisotopic (exact) mass is 263 g/mol. The first-order valence-corrected chi connectivity index (χ1v) is 6.26. The highest BCUT2D eigenvalue weighted by molar-refractivity contribution is 6.30. The van der Waals surface area contributed by atoms with E-state index < -0.39 is 0 Å². The summed E-state index contributed by atoms with van der Waals surface area (Å²) in [6, 6.07) is 14.6. The Bertz CT molecular complexity index is 513. The minimum atomic E-state index is -0.286. The Hall–Kier alpha value is -1.38. The van der Waals surface area contributed by atoms with Gasteiger partial charge in [0.2, 0.25) is 0 Å². The molecule has 0 spiro atoms. The number of benzene rings is 2. The lowest BCUT2D eigenvalue weighted by atomic mass is 9.99. The van der Waals surface area contributed by atoms with Gasteiger partial charge in [-0.05, 0) is 36.1 Å². The molecular weight excluding hydrogens is 249 g/mol. The summed E-state index contributed by atoms with van der Waals surface area (Å²) < 4.78 is 13.6. The van der Waals surface area contributed by atoms with Crippen LogP contribution in [0.2, 0.25) is 5.02 Å². The summed E-state index contributed by atoms with van der Waals surface area (Å²) in [4.78, 5) is 0. The van der Waals surface area contributed by atoms with E-state index in [1.165, 1.54) is 11.6 Å². The Morgan fingerprint density at radius 1 is 1.06 bits per heavy atom. The van der Waals surface area contributed by atoms with E-state index >= 15 is 0 Å². The largest absolute Gasteiger partial charge is 0.327 e. The molecule has 18 heavy (non-hydrogen) atoms. The van der Waals surface area contributed by atoms with Crippen molar-refractivity contribution >= 4 is 11.6 Å². The van der Waals surface area contributed by atoms with Crippen LogP contribution in [0.1, 0.15) is 11.1 Å². The number of halogens is 2. The fraction of sp³-hybridized carbons (Fsp3) is 0.200. The molecule has 3 heteroatoms. The standard InChI is InChI=1S/C15H15ClFN/c16-13-7-6-12(15(17)10-13)9-14(18)8-11-4-2-1-3-5-11/h1-7,10,14H,8-9,18H2. The number of nitrogens with two attached hydrogens (primary N) is 1. The Labute approximate surface area is 111 Å². The molecule has 2 N–H and O–H groups in total. The first-order chi connectivity index (χ1) is 8.65. The second-order valence-electron chi connectivity index (χ2n) is 4.39. The van der Waals surface area contributed by atoms with Crippen LogP contribution in [0.4, 0.5) is 4.39 Å². The zero-order valence-corrected chi connectivity index (χ0v) is 10.7. The second-order valence-corrected chi connectivity index (χ2v) is 4.83. The lowest BCUT2D eigenvalue weighted by Gasteiger charge is -2.12. The van der Waals surface area contributed by atoms with Crippen LogP contribution in [0.25, 0.3) is 0 Å². The lowest BCUT2D eigenvalue weighted by molar-refractivity contribution is 0.584. The minimum absolute atomic E-state index is 0.0944. The van der Waals surface area contributed by atoms with Gasteiger partial charge in [-0.2, -0.15) is 0 Å². The number of hydrogen-bond donors (Lipinski definition) is 1. The van der Waals surface area contributed by atoms with Gasteiger partial charge < -0.3 is 5.73 Å². The van der Waals surface area contributed by atoms with Crippen molar-refractivity contribution in [1.29, 1.82) is 0 Å². The third-order valence-electron chi connectivity index (χ3n) is 2.84. The smallest absolute Gasteiger partial charge is 0.127 e. The lowest BCUT2D eigenvalue weighted by Crippen LogP contribution is -2.25. The van der Waals surface area contributed by atoms with Gasteiger partial charge in [0.05, 0.1) is 0 Å². The summed E-state index contributed by atoms with van der Waals surface area (Å²) in [7, 11) is 0. The second kappa shape index (κ2) is 5.98. The maximum atomic E-state index is 13.6. The Balaban J connectivity index is 2.01. The molecule has 0 radical (unpaired) electrons. The van der Waals surface area contributed by atoms with Gasteiger partial charge in [0.1, 0.15) is 5.82 Å². The van der Waals surface area contributed by atoms with Gasteiger partial charge in [-0.1, -0.05) is 48.0 Å². The van der Waals surface area contributed by atoms with Gasteiger partial charge in [-0.15, -0.1) is 0 Å². The van der Waals surface area contributed by atoms with Crippen LogP contribution >= 0.6 is 11.6 Å². The molecule has 0 aromatic heterocycles. The van der Waals surface area contributed by atoms with E-state index in [-0.39, 0.29) is 11.9 Å². The van der Waals surface area contributed by atoms with Gasteiger partial charge >= 0.3 is 0 Å². The summed E-state index contributed by atoms with van der Waals surface area (Å²) >= 11 is 5.71. The normalized spacial score (nSPS) is 12.4. The highest BCUT2D eigenvalue weighted by Crippen LogP contribution is 2.16. The van der Waals surface area contributed by atoms with Crippen molar-refractivity contribution in [3.8, 4) is 0 Å². The molecule has 0 aliphatic heterocycles. The Morgan fingerprint density at radius 2 is 1.78 bits per heavy atom. The van der Waals surface area contributed by atoms with Crippen molar-refractivity contribution in [1.82, 2.24) is 0 Å². The molecular formula is C15H15ClFN. The van der Waals surface area contributed by atoms with Crippen LogP contribution in [0.5, 0.6) is 0 Å². The SMILES string of the molecule is NC(Cc1ccccc1)Cc1ccc(Cl)cc1F. The molecule has 0 saturated heterocycles. The van der Waals surface area contributed by atoms with Gasteiger partial charge in [0.15, 0.2) is 0 Å². The molecule has 2 aromatic rings. The fourth-order valence-corrected chi connectivity index (χ4v) is 2.12. The summed E-state index contributed by atoms with van der Waals surface area (Å²) in [5, 5.41) is 0.410. The van der Waals surface area contributed by atoms with Crippen molar-refractivity contribution in [2.24, 2.45) is 5.73 Å². The quantitative estimate of drug-likeness (QED) is 0.896. The predicted octanol–water partition coefficient (Wildman–Crippen LogP) is 3.59. The van der Waals surface area contributed by atoms with E-state index in [2.05, 4.69) is 0 Å². The molecule has 1 nitrogen and oxygen atoms in total. The van der Waals surface area contributed by atoms with Gasteiger partial charge in [-0.3, -0.25) is 0 Å². The highest BCUT2D eigenvalue weighted by atomic mass is 35.5. The van der Waals surface area contributed by atoms with E-state index in [4.69, 9.17) is 17.3 Å². The summed E-state index contributed by atoms with van der Waals surface area (Å²) in [5.41, 5.74) is 7.82. The molecule has 0 fully saturated rings. The Morgan fingerprint density at radius 3 is 2.44 bits per heavy atom. The maximum Gasteiger partial charge on any atom is 0.127 e. The third kappa shape index (κ3) is 3.56. The molecule has 0 amide bonds. The third-order valence-corrected chi connectivity index (χ3v) is 3.07. The summed E-state index contributed by atoms with van der Waals surface area (Å²) in [6.07, 6.45) is 1.25. The molecule has 1 unspecified atom stereocenters. The number of rotatable bonds is 4. The summed E-state index contributed by atoms with van der Waals surface area (Å²) in [5.74, 6) is -0.286. The Kier molecular flexibility index (Phi) is 4.34. The van der Waals surface area contributed by atoms with E-state index in [9.17, 15) is 4.39 Å². The van der Waals surface area contributed by atoms with Gasteiger partial charge in [0.25, 0.3) is 0 Å². The van der Waals surface area contributed by atoms with E-state index in [0.717, 1.165) is 6.42 Å². The predicted molar refractivity (Wildman–Crippen MR) is 73.2 cm³/mol. The molecule has 0 aliphatic rings. The molecule has 2 rings (SSSR count). The topological polar surface area (TPSA) is 26.0 Å². The van der Waals surface area contributed by atoms with Crippen LogP contribution in [0.15, 0.2) is 48.5 Å². The molecule has 0 bridgehead atoms. The molecule has 0 heterocycles. The zero-order valence-electron chi connectivity index (χ0n) is 9.94. The van der Waals surface area contributed by atoms with E-state index in [1.807, 2.05) is 30.3 Å². The first-order valence-electron chi connectivity index (χ1n) is 5.88. The average Bonchev–Trinajstić information content (AvgIpc) is 2.34. The summed E-state index contributed by atoms with van der Waals surface area (Å²) in [6.45, 7) is 0. The van der Waals surface area contributed by atoms with Crippen molar-refractivity contribution < 1.29 is 4.39 Å². The van der Waals surface area contributed by atoms with Crippen LogP contribution in [0, 0.1) is 5.82 Å². The number of hydrogen-bond acceptors (Lipinski definition) is 1. The fourth-order valence-electron chi connectivity index (χ4n) is 1.96. The van der Waals surface area contributed by atoms with Crippen molar-refractivity contribution in [3.63, 3.8) is 0 Å². The average molecular weight is 264 g/mol. The molecule has 0 saturated carbocycles. The minimum Gasteiger partial charge on any atom is -0.327 e. The molecule has 0 aliphatic carbocycles. The van der Waals surface area contributed by atoms with E-state index in [1.54, 1.807) is 12.1 Å². The van der Waals surface area contributed by atoms with Crippen LogP contribution in [-0.2, 0) is 12.8 Å². The van der Waals surface area contributed by atoms with Crippen LogP contribution in [0.3, 0.4) is 0 Å². The first kappa shape index (κ1) is 13.1. The van der Waals surface area contributed by atoms with Crippen molar-refractivity contribution in [3.05, 3.63) is 70.5 Å².